The average molecular weight is 144 g/mol. The second-order valence-electron chi connectivity index (χ2n) is 2.11. The molecule has 0 aromatic rings. The molecule has 0 aliphatic heterocycles. The van der Waals surface area contributed by atoms with Crippen molar-refractivity contribution in [2.24, 2.45) is 0 Å². The molecule has 3 heteroatoms. The van der Waals surface area contributed by atoms with Crippen LogP contribution in [0.4, 0.5) is 0 Å². The number of allylic oxidation sites excluding steroid dienone is 2. The smallest absolute Gasteiger partial charge is 0.118 e. The van der Waals surface area contributed by atoms with Crippen LogP contribution in [-0.4, -0.2) is 11.3 Å². The quantitative estimate of drug-likeness (QED) is 0.402. The topological polar surface area (TPSA) is 44.3 Å². The van der Waals surface area contributed by atoms with Crippen LogP contribution in [0.25, 0.3) is 0 Å². The van der Waals surface area contributed by atoms with Crippen molar-refractivity contribution in [2.45, 2.75) is 33.4 Å². The zero-order chi connectivity index (χ0) is 7.98. The van der Waals surface area contributed by atoms with Crippen LogP contribution in [0.2, 0.25) is 0 Å². The highest BCUT2D eigenvalue weighted by Gasteiger charge is 1.92. The lowest BCUT2D eigenvalue weighted by molar-refractivity contribution is 0.142. The van der Waals surface area contributed by atoms with Crippen molar-refractivity contribution in [3.63, 3.8) is 0 Å². The minimum Gasteiger partial charge on any atom is -0.377 e. The summed E-state index contributed by atoms with van der Waals surface area (Å²) in [5.41, 5.74) is 6.65. The molecule has 60 valence electrons. The maximum atomic E-state index is 8.79. The first-order valence-corrected chi connectivity index (χ1v) is 3.55. The molecule has 0 aromatic heterocycles. The highest BCUT2D eigenvalue weighted by molar-refractivity contribution is 4.94. The molecular weight excluding hydrogens is 128 g/mol. The van der Waals surface area contributed by atoms with Crippen molar-refractivity contribution in [2.75, 3.05) is 0 Å². The first-order chi connectivity index (χ1) is 4.70. The van der Waals surface area contributed by atoms with Crippen molar-refractivity contribution in [3.8, 4) is 0 Å². The third-order valence-corrected chi connectivity index (χ3v) is 1.17. The lowest BCUT2D eigenvalue weighted by Gasteiger charge is -2.11. The fraction of sp³-hybridized carbons (Fsp3) is 0.714. The van der Waals surface area contributed by atoms with E-state index in [4.69, 9.17) is 5.11 Å². The molecule has 1 atom stereocenters. The van der Waals surface area contributed by atoms with Gasteiger partial charge in [0.2, 0.25) is 0 Å². The largest absolute Gasteiger partial charge is 0.377 e. The summed E-state index contributed by atoms with van der Waals surface area (Å²) < 4.78 is 0. The summed E-state index contributed by atoms with van der Waals surface area (Å²) >= 11 is 0. The zero-order valence-electron chi connectivity index (χ0n) is 6.81. The van der Waals surface area contributed by atoms with Gasteiger partial charge in [-0.15, -0.1) is 0 Å². The van der Waals surface area contributed by atoms with Gasteiger partial charge in [-0.1, -0.05) is 13.0 Å². The molecule has 0 radical (unpaired) electrons. The predicted molar refractivity (Wildman–Crippen MR) is 42.0 cm³/mol. The van der Waals surface area contributed by atoms with Crippen LogP contribution < -0.4 is 10.9 Å². The Morgan fingerprint density at radius 2 is 2.30 bits per heavy atom. The van der Waals surface area contributed by atoms with Gasteiger partial charge in [0.15, 0.2) is 0 Å². The van der Waals surface area contributed by atoms with Gasteiger partial charge in [-0.3, -0.25) is 0 Å². The summed E-state index contributed by atoms with van der Waals surface area (Å²) in [6.07, 6.45) is 2.40. The average Bonchev–Trinajstić information content (AvgIpc) is 1.90. The van der Waals surface area contributed by atoms with Crippen LogP contribution in [0, 0.1) is 0 Å². The van der Waals surface area contributed by atoms with E-state index in [0.29, 0.717) is 0 Å². The minimum absolute atomic E-state index is 0.513. The van der Waals surface area contributed by atoms with E-state index in [1.54, 1.807) is 6.92 Å². The molecule has 1 unspecified atom stereocenters. The monoisotopic (exact) mass is 144 g/mol. The van der Waals surface area contributed by atoms with Gasteiger partial charge >= 0.3 is 0 Å². The predicted octanol–water partition coefficient (Wildman–Crippen LogP) is 0.733. The van der Waals surface area contributed by atoms with E-state index in [0.717, 1.165) is 12.1 Å². The molecule has 0 rings (SSSR count). The van der Waals surface area contributed by atoms with E-state index in [9.17, 15) is 0 Å². The molecule has 0 saturated heterocycles. The zero-order valence-corrected chi connectivity index (χ0v) is 6.81. The summed E-state index contributed by atoms with van der Waals surface area (Å²) in [6.45, 7) is 5.66. The van der Waals surface area contributed by atoms with E-state index in [1.165, 1.54) is 0 Å². The van der Waals surface area contributed by atoms with Crippen LogP contribution in [-0.2, 0) is 0 Å². The normalized spacial score (nSPS) is 15.0. The van der Waals surface area contributed by atoms with Gasteiger partial charge in [-0.05, 0) is 20.3 Å². The lowest BCUT2D eigenvalue weighted by atomic mass is 10.3. The number of aliphatic hydroxyl groups is 1. The van der Waals surface area contributed by atoms with Crippen LogP contribution >= 0.6 is 0 Å². The van der Waals surface area contributed by atoms with Crippen molar-refractivity contribution in [1.82, 2.24) is 10.9 Å². The Labute approximate surface area is 62.1 Å². The van der Waals surface area contributed by atoms with Crippen molar-refractivity contribution < 1.29 is 5.11 Å². The summed E-state index contributed by atoms with van der Waals surface area (Å²) in [5.74, 6) is 0. The molecule has 0 saturated carbocycles. The number of hydrogen-bond acceptors (Lipinski definition) is 3. The van der Waals surface area contributed by atoms with E-state index in [1.807, 2.05) is 19.9 Å². The number of hydrogen-bond donors (Lipinski definition) is 3. The Hall–Kier alpha value is -0.540. The Morgan fingerprint density at radius 3 is 2.60 bits per heavy atom. The Kier molecular flexibility index (Phi) is 4.98. The summed E-state index contributed by atoms with van der Waals surface area (Å²) in [6, 6.07) is 0. The summed E-state index contributed by atoms with van der Waals surface area (Å²) in [4.78, 5) is 0. The van der Waals surface area contributed by atoms with Gasteiger partial charge in [0.1, 0.15) is 6.23 Å². The molecule has 0 aromatic carbocycles. The van der Waals surface area contributed by atoms with Gasteiger partial charge in [-0.25, -0.2) is 5.43 Å². The van der Waals surface area contributed by atoms with Crippen LogP contribution in [0.1, 0.15) is 27.2 Å². The van der Waals surface area contributed by atoms with E-state index < -0.39 is 6.23 Å². The van der Waals surface area contributed by atoms with Crippen molar-refractivity contribution in [3.05, 3.63) is 11.8 Å². The SMILES string of the molecule is C/C=C(/CC)NNC(C)O. The highest BCUT2D eigenvalue weighted by Crippen LogP contribution is 1.91. The number of rotatable bonds is 4. The second-order valence-corrected chi connectivity index (χ2v) is 2.11. The minimum atomic E-state index is -0.513. The Bertz CT molecular complexity index is 110. The Balaban J connectivity index is 3.46. The second kappa shape index (κ2) is 5.26. The summed E-state index contributed by atoms with van der Waals surface area (Å²) in [5, 5.41) is 8.79. The number of aliphatic hydroxyl groups excluding tert-OH is 1. The molecule has 3 nitrogen and oxygen atoms in total. The van der Waals surface area contributed by atoms with E-state index in [2.05, 4.69) is 10.9 Å². The fourth-order valence-electron chi connectivity index (χ4n) is 0.562. The van der Waals surface area contributed by atoms with Crippen LogP contribution in [0.5, 0.6) is 0 Å². The first kappa shape index (κ1) is 9.46. The number of nitrogens with one attached hydrogen (secondary N) is 2. The molecule has 0 fully saturated rings. The maximum absolute atomic E-state index is 8.79. The molecule has 0 spiro atoms. The maximum Gasteiger partial charge on any atom is 0.118 e. The van der Waals surface area contributed by atoms with Crippen LogP contribution in [0.15, 0.2) is 11.8 Å². The molecule has 10 heavy (non-hydrogen) atoms. The molecule has 3 N–H and O–H groups in total. The molecule has 0 bridgehead atoms. The Morgan fingerprint density at radius 1 is 1.70 bits per heavy atom. The van der Waals surface area contributed by atoms with Crippen molar-refractivity contribution in [1.29, 1.82) is 0 Å². The first-order valence-electron chi connectivity index (χ1n) is 3.55. The van der Waals surface area contributed by atoms with Gasteiger partial charge in [0.05, 0.1) is 0 Å². The van der Waals surface area contributed by atoms with Gasteiger partial charge in [0.25, 0.3) is 0 Å². The molecule has 0 aliphatic carbocycles. The van der Waals surface area contributed by atoms with Crippen molar-refractivity contribution >= 4 is 0 Å². The molecular formula is C7H16N2O. The lowest BCUT2D eigenvalue weighted by Crippen LogP contribution is -2.37. The van der Waals surface area contributed by atoms with E-state index >= 15 is 0 Å². The third kappa shape index (κ3) is 4.35. The van der Waals surface area contributed by atoms with E-state index in [-0.39, 0.29) is 0 Å². The van der Waals surface area contributed by atoms with Gasteiger partial charge < -0.3 is 10.5 Å². The third-order valence-electron chi connectivity index (χ3n) is 1.17. The van der Waals surface area contributed by atoms with Gasteiger partial charge in [0, 0.05) is 5.70 Å². The number of hydrazine groups is 1. The highest BCUT2D eigenvalue weighted by atomic mass is 16.3. The molecule has 0 heterocycles. The molecule has 0 aliphatic rings. The standard InChI is InChI=1S/C7H16N2O/c1-4-7(5-2)9-8-6(3)10/h4,6,8-10H,5H2,1-3H3/b7-4-. The fourth-order valence-corrected chi connectivity index (χ4v) is 0.562. The van der Waals surface area contributed by atoms with Gasteiger partial charge in [-0.2, -0.15) is 0 Å². The summed E-state index contributed by atoms with van der Waals surface area (Å²) in [7, 11) is 0. The van der Waals surface area contributed by atoms with Crippen LogP contribution in [0.3, 0.4) is 0 Å². The molecule has 0 amide bonds.